The summed E-state index contributed by atoms with van der Waals surface area (Å²) in [6.07, 6.45) is 15.8. The van der Waals surface area contributed by atoms with Gasteiger partial charge in [0.05, 0.1) is 6.20 Å². The Morgan fingerprint density at radius 1 is 1.21 bits per heavy atom. The molecule has 0 unspecified atom stereocenters. The van der Waals surface area contributed by atoms with Gasteiger partial charge in [-0.25, -0.2) is 4.98 Å². The molecule has 0 radical (unpaired) electrons. The third-order valence-electron chi connectivity index (χ3n) is 5.08. The summed E-state index contributed by atoms with van der Waals surface area (Å²) < 4.78 is 2.03. The van der Waals surface area contributed by atoms with Crippen molar-refractivity contribution in [1.29, 1.82) is 0 Å². The van der Waals surface area contributed by atoms with Gasteiger partial charge in [0.2, 0.25) is 0 Å². The summed E-state index contributed by atoms with van der Waals surface area (Å²) in [7, 11) is 0. The quantitative estimate of drug-likeness (QED) is 0.386. The lowest BCUT2D eigenvalue weighted by Crippen LogP contribution is -2.35. The second kappa shape index (κ2) is 14.0. The first-order chi connectivity index (χ1) is 14.0. The number of imidazole rings is 1. The van der Waals surface area contributed by atoms with Crippen LogP contribution >= 0.6 is 0 Å². The topological polar surface area (TPSA) is 46.9 Å². The molecule has 1 aliphatic carbocycles. The van der Waals surface area contributed by atoms with E-state index in [2.05, 4.69) is 30.4 Å². The van der Waals surface area contributed by atoms with Crippen LogP contribution in [-0.2, 0) is 13.0 Å². The summed E-state index contributed by atoms with van der Waals surface area (Å²) in [6, 6.07) is 0.286. The number of nitrogens with one attached hydrogen (secondary N) is 1. The zero-order valence-corrected chi connectivity index (χ0v) is 19.1. The van der Waals surface area contributed by atoms with E-state index in [1.165, 1.54) is 25.7 Å². The normalized spacial score (nSPS) is 14.8. The van der Waals surface area contributed by atoms with Crippen LogP contribution in [-0.4, -0.2) is 21.5 Å². The van der Waals surface area contributed by atoms with Crippen molar-refractivity contribution >= 4 is 5.91 Å². The van der Waals surface area contributed by atoms with E-state index in [4.69, 9.17) is 0 Å². The van der Waals surface area contributed by atoms with Gasteiger partial charge in [0.25, 0.3) is 5.91 Å². The Morgan fingerprint density at radius 2 is 1.86 bits per heavy atom. The Morgan fingerprint density at radius 3 is 2.45 bits per heavy atom. The number of unbranched alkanes of at least 4 members (excludes halogenated alkanes) is 1. The van der Waals surface area contributed by atoms with Gasteiger partial charge in [-0.1, -0.05) is 83.8 Å². The van der Waals surface area contributed by atoms with Crippen LogP contribution < -0.4 is 5.32 Å². The molecule has 1 heterocycles. The Kier molecular flexibility index (Phi) is 12.0. The molecule has 1 saturated carbocycles. The predicted octanol–water partition coefficient (Wildman–Crippen LogP) is 6.39. The van der Waals surface area contributed by atoms with Crippen LogP contribution in [0, 0.1) is 0 Å². The van der Waals surface area contributed by atoms with Gasteiger partial charge in [-0.15, -0.1) is 0 Å². The summed E-state index contributed by atoms with van der Waals surface area (Å²) in [4.78, 5) is 17.5. The highest BCUT2D eigenvalue weighted by Gasteiger charge is 2.20. The molecular weight excluding hydrogens is 358 g/mol. The lowest BCUT2D eigenvalue weighted by atomic mass is 10.1. The van der Waals surface area contributed by atoms with Crippen molar-refractivity contribution < 1.29 is 4.79 Å². The maximum atomic E-state index is 12.9. The second-order valence-corrected chi connectivity index (χ2v) is 7.75. The van der Waals surface area contributed by atoms with Gasteiger partial charge in [0.15, 0.2) is 0 Å². The molecule has 0 aromatic carbocycles. The number of aryl methyl sites for hydroxylation is 1. The molecule has 0 spiro atoms. The molecule has 2 rings (SSSR count). The molecule has 1 aromatic rings. The number of carbonyl (C=O) groups is 1. The van der Waals surface area contributed by atoms with E-state index >= 15 is 0 Å². The molecule has 29 heavy (non-hydrogen) atoms. The Labute approximate surface area is 178 Å². The van der Waals surface area contributed by atoms with Crippen molar-refractivity contribution in [3.63, 3.8) is 0 Å². The Hall–Kier alpha value is -2.10. The van der Waals surface area contributed by atoms with E-state index in [0.29, 0.717) is 12.2 Å². The molecule has 0 bridgehead atoms. The fourth-order valence-corrected chi connectivity index (χ4v) is 3.51. The molecule has 0 atom stereocenters. The van der Waals surface area contributed by atoms with Crippen LogP contribution in [0.5, 0.6) is 0 Å². The second-order valence-electron chi connectivity index (χ2n) is 7.75. The number of rotatable bonds is 9. The average molecular weight is 400 g/mol. The standard InChI is InChI=1S/C23H35N3O.C2H6/c1-5-6-13-22-24-16-21(26(22)17-19(4)15-14-18(2)3)23(27)25-20-11-9-7-8-10-12-20;1-2/h14-16,20H,2,4-13,17H2,1,3H3,(H,25,27);1-2H3/b15-14-;. The molecule has 1 fully saturated rings. The molecule has 0 saturated heterocycles. The Bertz CT molecular complexity index is 676. The molecule has 4 heteroatoms. The predicted molar refractivity (Wildman–Crippen MR) is 124 cm³/mol. The van der Waals surface area contributed by atoms with Crippen molar-refractivity contribution in [2.45, 2.75) is 98.1 Å². The maximum Gasteiger partial charge on any atom is 0.269 e. The van der Waals surface area contributed by atoms with E-state index in [-0.39, 0.29) is 11.9 Å². The van der Waals surface area contributed by atoms with Crippen molar-refractivity contribution in [1.82, 2.24) is 14.9 Å². The lowest BCUT2D eigenvalue weighted by Gasteiger charge is -2.18. The number of carbonyl (C=O) groups excluding carboxylic acids is 1. The van der Waals surface area contributed by atoms with E-state index < -0.39 is 0 Å². The molecule has 1 aliphatic rings. The summed E-state index contributed by atoms with van der Waals surface area (Å²) in [5, 5.41) is 3.25. The van der Waals surface area contributed by atoms with Crippen molar-refractivity contribution in [3.05, 3.63) is 54.2 Å². The summed E-state index contributed by atoms with van der Waals surface area (Å²) in [5.74, 6) is 0.960. The number of allylic oxidation sites excluding steroid dienone is 4. The minimum atomic E-state index is -0.00571. The van der Waals surface area contributed by atoms with Crippen molar-refractivity contribution in [2.24, 2.45) is 0 Å². The molecule has 162 valence electrons. The molecular formula is C25H41N3O. The lowest BCUT2D eigenvalue weighted by molar-refractivity contribution is 0.0924. The first-order valence-corrected chi connectivity index (χ1v) is 11.4. The van der Waals surface area contributed by atoms with Crippen LogP contribution in [0.25, 0.3) is 0 Å². The summed E-state index contributed by atoms with van der Waals surface area (Å²) >= 11 is 0. The minimum absolute atomic E-state index is 0.00571. The van der Waals surface area contributed by atoms with E-state index in [1.807, 2.05) is 37.5 Å². The highest BCUT2D eigenvalue weighted by molar-refractivity contribution is 5.92. The zero-order chi connectivity index (χ0) is 21.6. The first-order valence-electron chi connectivity index (χ1n) is 11.4. The van der Waals surface area contributed by atoms with Crippen LogP contribution in [0.2, 0.25) is 0 Å². The molecule has 1 N–H and O–H groups in total. The van der Waals surface area contributed by atoms with E-state index in [9.17, 15) is 4.79 Å². The fourth-order valence-electron chi connectivity index (χ4n) is 3.51. The fraction of sp³-hybridized carbons (Fsp3) is 0.600. The highest BCUT2D eigenvalue weighted by atomic mass is 16.2. The largest absolute Gasteiger partial charge is 0.348 e. The van der Waals surface area contributed by atoms with Gasteiger partial charge in [-0.2, -0.15) is 0 Å². The first kappa shape index (κ1) is 24.9. The molecule has 1 amide bonds. The zero-order valence-electron chi connectivity index (χ0n) is 19.1. The third kappa shape index (κ3) is 8.84. The summed E-state index contributed by atoms with van der Waals surface area (Å²) in [6.45, 7) is 16.7. The number of amides is 1. The average Bonchev–Trinajstić information content (AvgIpc) is 2.92. The van der Waals surface area contributed by atoms with Crippen LogP contribution in [0.1, 0.15) is 95.4 Å². The molecule has 4 nitrogen and oxygen atoms in total. The van der Waals surface area contributed by atoms with E-state index in [1.54, 1.807) is 6.20 Å². The maximum absolute atomic E-state index is 12.9. The number of nitrogens with zero attached hydrogens (tertiary/aromatic N) is 2. The molecule has 0 aliphatic heterocycles. The van der Waals surface area contributed by atoms with Crippen molar-refractivity contribution in [2.75, 3.05) is 0 Å². The van der Waals surface area contributed by atoms with Gasteiger partial charge in [-0.3, -0.25) is 4.79 Å². The third-order valence-corrected chi connectivity index (χ3v) is 5.08. The van der Waals surface area contributed by atoms with Gasteiger partial charge in [0, 0.05) is 19.0 Å². The number of hydrogen-bond donors (Lipinski definition) is 1. The van der Waals surface area contributed by atoms with Crippen molar-refractivity contribution in [3.8, 4) is 0 Å². The smallest absolute Gasteiger partial charge is 0.269 e. The van der Waals surface area contributed by atoms with E-state index in [0.717, 1.165) is 49.1 Å². The van der Waals surface area contributed by atoms with Crippen LogP contribution in [0.3, 0.4) is 0 Å². The SMILES string of the molecule is C=C(C)/C=C\C(=C)Cn1c(C(=O)NC2CCCCCC2)cnc1CCCC.CC. The highest BCUT2D eigenvalue weighted by Crippen LogP contribution is 2.18. The van der Waals surface area contributed by atoms with Crippen LogP contribution in [0.15, 0.2) is 42.7 Å². The van der Waals surface area contributed by atoms with Gasteiger partial charge in [-0.05, 0) is 31.8 Å². The monoisotopic (exact) mass is 399 g/mol. The van der Waals surface area contributed by atoms with Gasteiger partial charge in [0.1, 0.15) is 11.5 Å². The number of hydrogen-bond acceptors (Lipinski definition) is 2. The Balaban J connectivity index is 0.00000204. The van der Waals surface area contributed by atoms with Gasteiger partial charge < -0.3 is 9.88 Å². The summed E-state index contributed by atoms with van der Waals surface area (Å²) in [5.41, 5.74) is 2.58. The van der Waals surface area contributed by atoms with Gasteiger partial charge >= 0.3 is 0 Å². The van der Waals surface area contributed by atoms with Crippen LogP contribution in [0.4, 0.5) is 0 Å². The minimum Gasteiger partial charge on any atom is -0.348 e. The molecule has 1 aromatic heterocycles. The number of aromatic nitrogens is 2.